The van der Waals surface area contributed by atoms with E-state index in [9.17, 15) is 9.18 Å². The zero-order chi connectivity index (χ0) is 18.3. The Kier molecular flexibility index (Phi) is 4.24. The molecule has 3 aromatic rings. The standard InChI is InChI=1S/C19H17FN4OS/c1-11-9-12(20)6-7-13(11)18-16-17(14-5-3-4-8-21-14)23-24(2)19(16)22-15(25)10-26-18/h3-9,18H,10H2,1-2H3,(H,22,25). The van der Waals surface area contributed by atoms with Crippen molar-refractivity contribution in [2.24, 2.45) is 7.05 Å². The van der Waals surface area contributed by atoms with E-state index >= 15 is 0 Å². The maximum atomic E-state index is 13.6. The average Bonchev–Trinajstić information content (AvgIpc) is 2.83. The van der Waals surface area contributed by atoms with Gasteiger partial charge in [0.1, 0.15) is 17.3 Å². The summed E-state index contributed by atoms with van der Waals surface area (Å²) in [5.74, 6) is 0.636. The largest absolute Gasteiger partial charge is 0.310 e. The predicted molar refractivity (Wildman–Crippen MR) is 101 cm³/mol. The van der Waals surface area contributed by atoms with Crippen LogP contribution >= 0.6 is 11.8 Å². The van der Waals surface area contributed by atoms with E-state index in [1.165, 1.54) is 23.9 Å². The summed E-state index contributed by atoms with van der Waals surface area (Å²) >= 11 is 1.51. The van der Waals surface area contributed by atoms with Crippen molar-refractivity contribution in [1.82, 2.24) is 14.8 Å². The van der Waals surface area contributed by atoms with Gasteiger partial charge in [-0.05, 0) is 42.3 Å². The summed E-state index contributed by atoms with van der Waals surface area (Å²) in [7, 11) is 1.80. The number of aromatic nitrogens is 3. The third kappa shape index (κ3) is 2.88. The third-order valence-electron chi connectivity index (χ3n) is 4.41. The van der Waals surface area contributed by atoms with Gasteiger partial charge in [-0.25, -0.2) is 4.39 Å². The lowest BCUT2D eigenvalue weighted by Crippen LogP contribution is -2.15. The van der Waals surface area contributed by atoms with Gasteiger partial charge in [-0.3, -0.25) is 14.5 Å². The highest BCUT2D eigenvalue weighted by molar-refractivity contribution is 8.00. The third-order valence-corrected chi connectivity index (χ3v) is 5.66. The minimum absolute atomic E-state index is 0.0749. The molecule has 1 amide bonds. The van der Waals surface area contributed by atoms with Crippen molar-refractivity contribution < 1.29 is 9.18 Å². The van der Waals surface area contributed by atoms with Crippen LogP contribution in [-0.4, -0.2) is 26.4 Å². The summed E-state index contributed by atoms with van der Waals surface area (Å²) in [5.41, 5.74) is 4.19. The molecule has 7 heteroatoms. The highest BCUT2D eigenvalue weighted by Crippen LogP contribution is 2.46. The van der Waals surface area contributed by atoms with Crippen LogP contribution in [0.4, 0.5) is 10.2 Å². The van der Waals surface area contributed by atoms with Crippen LogP contribution in [0.25, 0.3) is 11.4 Å². The second-order valence-electron chi connectivity index (χ2n) is 6.19. The van der Waals surface area contributed by atoms with Crippen molar-refractivity contribution >= 4 is 23.5 Å². The molecule has 2 aromatic heterocycles. The molecule has 0 radical (unpaired) electrons. The molecule has 1 aliphatic rings. The van der Waals surface area contributed by atoms with Gasteiger partial charge in [0.25, 0.3) is 0 Å². The Morgan fingerprint density at radius 3 is 2.88 bits per heavy atom. The molecule has 1 atom stereocenters. The number of pyridine rings is 1. The summed E-state index contributed by atoms with van der Waals surface area (Å²) in [5, 5.41) is 7.42. The first-order valence-electron chi connectivity index (χ1n) is 8.20. The maximum Gasteiger partial charge on any atom is 0.235 e. The predicted octanol–water partition coefficient (Wildman–Crippen LogP) is 3.70. The molecule has 4 rings (SSSR count). The maximum absolute atomic E-state index is 13.6. The minimum Gasteiger partial charge on any atom is -0.310 e. The van der Waals surface area contributed by atoms with Gasteiger partial charge in [0.15, 0.2) is 0 Å². The van der Waals surface area contributed by atoms with Crippen LogP contribution in [0, 0.1) is 12.7 Å². The fraction of sp³-hybridized carbons (Fsp3) is 0.211. The van der Waals surface area contributed by atoms with E-state index in [4.69, 9.17) is 0 Å². The summed E-state index contributed by atoms with van der Waals surface area (Å²) in [6.45, 7) is 1.88. The number of hydrogen-bond acceptors (Lipinski definition) is 4. The van der Waals surface area contributed by atoms with Crippen LogP contribution < -0.4 is 5.32 Å². The first-order chi connectivity index (χ1) is 12.5. The van der Waals surface area contributed by atoms with Gasteiger partial charge in [0.2, 0.25) is 5.91 Å². The number of thioether (sulfide) groups is 1. The van der Waals surface area contributed by atoms with Gasteiger partial charge in [-0.1, -0.05) is 12.1 Å². The van der Waals surface area contributed by atoms with Crippen molar-refractivity contribution in [3.63, 3.8) is 0 Å². The van der Waals surface area contributed by atoms with E-state index in [1.807, 2.05) is 25.1 Å². The van der Waals surface area contributed by atoms with Crippen LogP contribution in [0.15, 0.2) is 42.6 Å². The lowest BCUT2D eigenvalue weighted by molar-refractivity contribution is -0.113. The van der Waals surface area contributed by atoms with Crippen molar-refractivity contribution in [3.8, 4) is 11.4 Å². The SMILES string of the molecule is Cc1cc(F)ccc1C1SCC(=O)Nc2c1c(-c1ccccn1)nn2C. The second-order valence-corrected chi connectivity index (χ2v) is 7.28. The number of amides is 1. The van der Waals surface area contributed by atoms with Crippen LogP contribution in [0.2, 0.25) is 0 Å². The number of anilines is 1. The fourth-order valence-corrected chi connectivity index (χ4v) is 4.44. The lowest BCUT2D eigenvalue weighted by Gasteiger charge is -2.18. The Morgan fingerprint density at radius 1 is 1.31 bits per heavy atom. The Labute approximate surface area is 154 Å². The van der Waals surface area contributed by atoms with E-state index in [0.29, 0.717) is 11.6 Å². The Balaban J connectivity index is 1.95. The number of aryl methyl sites for hydroxylation is 2. The van der Waals surface area contributed by atoms with E-state index in [-0.39, 0.29) is 17.0 Å². The summed E-state index contributed by atoms with van der Waals surface area (Å²) in [4.78, 5) is 16.6. The Morgan fingerprint density at radius 2 is 2.15 bits per heavy atom. The van der Waals surface area contributed by atoms with E-state index in [0.717, 1.165) is 28.1 Å². The molecule has 26 heavy (non-hydrogen) atoms. The number of carbonyl (C=O) groups excluding carboxylic acids is 1. The van der Waals surface area contributed by atoms with Gasteiger partial charge in [-0.15, -0.1) is 11.8 Å². The molecule has 5 nitrogen and oxygen atoms in total. The second kappa shape index (κ2) is 6.57. The van der Waals surface area contributed by atoms with Gasteiger partial charge >= 0.3 is 0 Å². The molecule has 132 valence electrons. The van der Waals surface area contributed by atoms with Crippen molar-refractivity contribution in [3.05, 3.63) is 65.1 Å². The van der Waals surface area contributed by atoms with Gasteiger partial charge in [0, 0.05) is 18.8 Å². The fourth-order valence-electron chi connectivity index (χ4n) is 3.22. The molecular formula is C19H17FN4OS. The van der Waals surface area contributed by atoms with Crippen LogP contribution in [0.3, 0.4) is 0 Å². The van der Waals surface area contributed by atoms with Crippen molar-refractivity contribution in [2.75, 3.05) is 11.1 Å². The molecule has 0 bridgehead atoms. The lowest BCUT2D eigenvalue weighted by atomic mass is 9.98. The van der Waals surface area contributed by atoms with Gasteiger partial charge in [-0.2, -0.15) is 5.10 Å². The Bertz CT molecular complexity index is 987. The first-order valence-corrected chi connectivity index (χ1v) is 9.25. The summed E-state index contributed by atoms with van der Waals surface area (Å²) in [6.07, 6.45) is 1.72. The number of benzene rings is 1. The molecule has 0 saturated heterocycles. The Hall–Kier alpha value is -2.67. The van der Waals surface area contributed by atoms with Gasteiger partial charge < -0.3 is 5.32 Å². The molecule has 1 unspecified atom stereocenters. The number of nitrogens with one attached hydrogen (secondary N) is 1. The molecule has 0 spiro atoms. The van der Waals surface area contributed by atoms with Crippen molar-refractivity contribution in [2.45, 2.75) is 12.2 Å². The van der Waals surface area contributed by atoms with Gasteiger partial charge in [0.05, 0.1) is 16.7 Å². The molecule has 1 aromatic carbocycles. The molecule has 3 heterocycles. The zero-order valence-corrected chi connectivity index (χ0v) is 15.2. The smallest absolute Gasteiger partial charge is 0.235 e. The summed E-state index contributed by atoms with van der Waals surface area (Å²) < 4.78 is 15.3. The number of carbonyl (C=O) groups is 1. The van der Waals surface area contributed by atoms with E-state index in [2.05, 4.69) is 15.4 Å². The van der Waals surface area contributed by atoms with Crippen molar-refractivity contribution in [1.29, 1.82) is 0 Å². The summed E-state index contributed by atoms with van der Waals surface area (Å²) in [6, 6.07) is 10.4. The number of rotatable bonds is 2. The number of hydrogen-bond donors (Lipinski definition) is 1. The zero-order valence-electron chi connectivity index (χ0n) is 14.4. The monoisotopic (exact) mass is 368 g/mol. The molecular weight excluding hydrogens is 351 g/mol. The molecule has 0 fully saturated rings. The number of fused-ring (bicyclic) bond motifs is 1. The molecule has 0 aliphatic carbocycles. The molecule has 1 N–H and O–H groups in total. The van der Waals surface area contributed by atoms with E-state index in [1.54, 1.807) is 24.0 Å². The van der Waals surface area contributed by atoms with Crippen LogP contribution in [-0.2, 0) is 11.8 Å². The highest BCUT2D eigenvalue weighted by atomic mass is 32.2. The highest BCUT2D eigenvalue weighted by Gasteiger charge is 2.32. The minimum atomic E-state index is -0.268. The molecule has 0 saturated carbocycles. The number of nitrogens with zero attached hydrogens (tertiary/aromatic N) is 3. The van der Waals surface area contributed by atoms with E-state index < -0.39 is 0 Å². The average molecular weight is 368 g/mol. The topological polar surface area (TPSA) is 59.8 Å². The molecule has 1 aliphatic heterocycles. The van der Waals surface area contributed by atoms with Crippen LogP contribution in [0.5, 0.6) is 0 Å². The quantitative estimate of drug-likeness (QED) is 0.749. The number of halogens is 1. The van der Waals surface area contributed by atoms with Crippen LogP contribution in [0.1, 0.15) is 21.9 Å². The normalized spacial score (nSPS) is 16.7. The first kappa shape index (κ1) is 16.8.